The van der Waals surface area contributed by atoms with Gasteiger partial charge in [-0.2, -0.15) is 5.10 Å². The smallest absolute Gasteiger partial charge is 0.162 e. The summed E-state index contributed by atoms with van der Waals surface area (Å²) >= 11 is 0. The van der Waals surface area contributed by atoms with E-state index in [2.05, 4.69) is 47.2 Å². The van der Waals surface area contributed by atoms with Crippen molar-refractivity contribution in [2.45, 2.75) is 40.5 Å². The molecule has 2 rings (SSSR count). The van der Waals surface area contributed by atoms with Gasteiger partial charge in [0.05, 0.1) is 5.69 Å². The van der Waals surface area contributed by atoms with Crippen LogP contribution in [0, 0.1) is 13.8 Å². The lowest BCUT2D eigenvalue weighted by Crippen LogP contribution is -2.12. The number of anilines is 1. The van der Waals surface area contributed by atoms with Crippen LogP contribution in [0.1, 0.15) is 43.6 Å². The van der Waals surface area contributed by atoms with Crippen LogP contribution < -0.4 is 5.32 Å². The third-order valence-corrected chi connectivity index (χ3v) is 2.99. The second-order valence-electron chi connectivity index (χ2n) is 4.98. The molecule has 0 bridgehead atoms. The zero-order chi connectivity index (χ0) is 14.0. The van der Waals surface area contributed by atoms with Gasteiger partial charge in [0.15, 0.2) is 5.82 Å². The minimum Gasteiger partial charge on any atom is -0.370 e. The van der Waals surface area contributed by atoms with E-state index in [0.29, 0.717) is 5.92 Å². The SMILES string of the molecule is CCNc1ncnc(-n2nc(C)cc2C)c1C(C)C. The highest BCUT2D eigenvalue weighted by molar-refractivity contribution is 5.53. The summed E-state index contributed by atoms with van der Waals surface area (Å²) in [7, 11) is 0. The molecule has 19 heavy (non-hydrogen) atoms. The largest absolute Gasteiger partial charge is 0.370 e. The third-order valence-electron chi connectivity index (χ3n) is 2.99. The van der Waals surface area contributed by atoms with E-state index in [1.165, 1.54) is 0 Å². The Morgan fingerprint density at radius 1 is 1.26 bits per heavy atom. The maximum absolute atomic E-state index is 4.52. The molecule has 0 fully saturated rings. The Morgan fingerprint density at radius 3 is 2.53 bits per heavy atom. The van der Waals surface area contributed by atoms with Crippen molar-refractivity contribution in [2.24, 2.45) is 0 Å². The zero-order valence-corrected chi connectivity index (χ0v) is 12.2. The Hall–Kier alpha value is -1.91. The number of nitrogens with one attached hydrogen (secondary N) is 1. The van der Waals surface area contributed by atoms with Crippen LogP contribution in [-0.4, -0.2) is 26.3 Å². The van der Waals surface area contributed by atoms with Crippen LogP contribution in [0.2, 0.25) is 0 Å². The summed E-state index contributed by atoms with van der Waals surface area (Å²) in [6.45, 7) is 11.2. The summed E-state index contributed by atoms with van der Waals surface area (Å²) in [4.78, 5) is 8.79. The molecule has 5 heteroatoms. The summed E-state index contributed by atoms with van der Waals surface area (Å²) in [5, 5.41) is 7.83. The summed E-state index contributed by atoms with van der Waals surface area (Å²) in [5.41, 5.74) is 3.19. The average Bonchev–Trinajstić information content (AvgIpc) is 2.68. The molecule has 0 radical (unpaired) electrons. The Bertz CT molecular complexity index is 571. The molecule has 0 saturated carbocycles. The highest BCUT2D eigenvalue weighted by atomic mass is 15.3. The molecule has 2 heterocycles. The molecule has 0 saturated heterocycles. The van der Waals surface area contributed by atoms with Crippen molar-refractivity contribution in [2.75, 3.05) is 11.9 Å². The van der Waals surface area contributed by atoms with Crippen LogP contribution in [0.25, 0.3) is 5.82 Å². The predicted octanol–water partition coefficient (Wildman–Crippen LogP) is 2.83. The van der Waals surface area contributed by atoms with Crippen LogP contribution >= 0.6 is 0 Å². The van der Waals surface area contributed by atoms with Crippen LogP contribution in [0.4, 0.5) is 5.82 Å². The van der Waals surface area contributed by atoms with E-state index < -0.39 is 0 Å². The van der Waals surface area contributed by atoms with Gasteiger partial charge in [-0.05, 0) is 32.8 Å². The van der Waals surface area contributed by atoms with Gasteiger partial charge < -0.3 is 5.32 Å². The van der Waals surface area contributed by atoms with Crippen molar-refractivity contribution in [1.82, 2.24) is 19.7 Å². The number of aromatic nitrogens is 4. The number of rotatable bonds is 4. The lowest BCUT2D eigenvalue weighted by molar-refractivity contribution is 0.753. The predicted molar refractivity (Wildman–Crippen MR) is 76.9 cm³/mol. The first kappa shape index (κ1) is 13.5. The maximum atomic E-state index is 4.52. The van der Waals surface area contributed by atoms with Crippen molar-refractivity contribution in [3.63, 3.8) is 0 Å². The van der Waals surface area contributed by atoms with E-state index in [1.54, 1.807) is 6.33 Å². The van der Waals surface area contributed by atoms with Crippen molar-refractivity contribution in [3.8, 4) is 5.82 Å². The first-order valence-corrected chi connectivity index (χ1v) is 6.67. The van der Waals surface area contributed by atoms with Gasteiger partial charge in [-0.3, -0.25) is 0 Å². The molecular formula is C14H21N5. The van der Waals surface area contributed by atoms with Gasteiger partial charge in [0, 0.05) is 17.8 Å². The number of hydrogen-bond donors (Lipinski definition) is 1. The van der Waals surface area contributed by atoms with Crippen molar-refractivity contribution in [3.05, 3.63) is 29.3 Å². The summed E-state index contributed by atoms with van der Waals surface area (Å²) in [5.74, 6) is 2.09. The van der Waals surface area contributed by atoms with Gasteiger partial charge in [-0.25, -0.2) is 14.6 Å². The minimum absolute atomic E-state index is 0.328. The van der Waals surface area contributed by atoms with Crippen LogP contribution in [-0.2, 0) is 0 Å². The topological polar surface area (TPSA) is 55.6 Å². The Morgan fingerprint density at radius 2 is 2.00 bits per heavy atom. The van der Waals surface area contributed by atoms with Crippen LogP contribution in [0.5, 0.6) is 0 Å². The molecule has 0 aliphatic heterocycles. The van der Waals surface area contributed by atoms with E-state index >= 15 is 0 Å². The van der Waals surface area contributed by atoms with Crippen LogP contribution in [0.15, 0.2) is 12.4 Å². The molecule has 0 amide bonds. The zero-order valence-electron chi connectivity index (χ0n) is 12.2. The summed E-state index contributed by atoms with van der Waals surface area (Å²) < 4.78 is 1.90. The third kappa shape index (κ3) is 2.59. The van der Waals surface area contributed by atoms with E-state index in [4.69, 9.17) is 0 Å². The van der Waals surface area contributed by atoms with Crippen molar-refractivity contribution < 1.29 is 0 Å². The first-order valence-electron chi connectivity index (χ1n) is 6.67. The lowest BCUT2D eigenvalue weighted by Gasteiger charge is -2.16. The molecule has 0 unspecified atom stereocenters. The fourth-order valence-corrected chi connectivity index (χ4v) is 2.24. The highest BCUT2D eigenvalue weighted by Gasteiger charge is 2.17. The van der Waals surface area contributed by atoms with Gasteiger partial charge in [-0.15, -0.1) is 0 Å². The molecule has 0 aliphatic carbocycles. The second kappa shape index (κ2) is 5.38. The quantitative estimate of drug-likeness (QED) is 0.917. The number of hydrogen-bond acceptors (Lipinski definition) is 4. The van der Waals surface area contributed by atoms with E-state index in [1.807, 2.05) is 18.5 Å². The average molecular weight is 259 g/mol. The minimum atomic E-state index is 0.328. The molecule has 0 aliphatic rings. The molecule has 0 aromatic carbocycles. The van der Waals surface area contributed by atoms with Gasteiger partial charge in [0.25, 0.3) is 0 Å². The summed E-state index contributed by atoms with van der Waals surface area (Å²) in [6.07, 6.45) is 1.59. The standard InChI is InChI=1S/C14H21N5/c1-6-15-13-12(9(2)3)14(17-8-16-13)19-11(5)7-10(4)18-19/h7-9H,6H2,1-5H3,(H,15,16,17). The number of aryl methyl sites for hydroxylation is 2. The van der Waals surface area contributed by atoms with Gasteiger partial charge in [0.1, 0.15) is 12.1 Å². The van der Waals surface area contributed by atoms with Crippen molar-refractivity contribution >= 4 is 5.82 Å². The van der Waals surface area contributed by atoms with Gasteiger partial charge in [0.2, 0.25) is 0 Å². The van der Waals surface area contributed by atoms with E-state index in [0.717, 1.165) is 35.1 Å². The molecule has 1 N–H and O–H groups in total. The molecular weight excluding hydrogens is 238 g/mol. The van der Waals surface area contributed by atoms with Gasteiger partial charge in [-0.1, -0.05) is 13.8 Å². The molecule has 0 atom stereocenters. The van der Waals surface area contributed by atoms with E-state index in [-0.39, 0.29) is 0 Å². The second-order valence-corrected chi connectivity index (χ2v) is 4.98. The highest BCUT2D eigenvalue weighted by Crippen LogP contribution is 2.27. The number of nitrogens with zero attached hydrogens (tertiary/aromatic N) is 4. The normalized spacial score (nSPS) is 11.1. The Kier molecular flexibility index (Phi) is 3.83. The van der Waals surface area contributed by atoms with Crippen LogP contribution in [0.3, 0.4) is 0 Å². The lowest BCUT2D eigenvalue weighted by atomic mass is 10.0. The van der Waals surface area contributed by atoms with E-state index in [9.17, 15) is 0 Å². The Labute approximate surface area is 114 Å². The molecule has 0 spiro atoms. The molecule has 102 valence electrons. The first-order chi connectivity index (χ1) is 9.04. The fraction of sp³-hybridized carbons (Fsp3) is 0.500. The monoisotopic (exact) mass is 259 g/mol. The Balaban J connectivity index is 2.62. The molecule has 2 aromatic rings. The fourth-order valence-electron chi connectivity index (χ4n) is 2.24. The maximum Gasteiger partial charge on any atom is 0.162 e. The van der Waals surface area contributed by atoms with Crippen molar-refractivity contribution in [1.29, 1.82) is 0 Å². The molecule has 5 nitrogen and oxygen atoms in total. The summed E-state index contributed by atoms with van der Waals surface area (Å²) in [6, 6.07) is 2.05. The molecule has 2 aromatic heterocycles. The van der Waals surface area contributed by atoms with Gasteiger partial charge >= 0.3 is 0 Å².